The molecule has 1 aliphatic heterocycles. The molecular weight excluding hydrogens is 436 g/mol. The van der Waals surface area contributed by atoms with Crippen LogP contribution in [0.3, 0.4) is 0 Å². The highest BCUT2D eigenvalue weighted by Gasteiger charge is 2.28. The van der Waals surface area contributed by atoms with E-state index in [9.17, 15) is 9.59 Å². The first-order valence-electron chi connectivity index (χ1n) is 10.5. The summed E-state index contributed by atoms with van der Waals surface area (Å²) in [5, 5.41) is 0.239. The van der Waals surface area contributed by atoms with Gasteiger partial charge in [0.2, 0.25) is 5.95 Å². The van der Waals surface area contributed by atoms with Crippen molar-refractivity contribution in [2.45, 2.75) is 26.4 Å². The molecule has 0 N–H and O–H groups in total. The lowest BCUT2D eigenvalue weighted by Gasteiger charge is -2.35. The smallest absolute Gasteiger partial charge is 0.339 e. The summed E-state index contributed by atoms with van der Waals surface area (Å²) in [6, 6.07) is 4.70. The molecule has 2 heterocycles. The highest BCUT2D eigenvalue weighted by Crippen LogP contribution is 2.36. The van der Waals surface area contributed by atoms with Crippen LogP contribution in [-0.2, 0) is 9.53 Å². The van der Waals surface area contributed by atoms with Gasteiger partial charge in [-0.05, 0) is 31.5 Å². The third-order valence-electron chi connectivity index (χ3n) is 4.97. The Morgan fingerprint density at radius 1 is 1.16 bits per heavy atom. The molecule has 0 radical (unpaired) electrons. The number of benzene rings is 1. The number of methoxy groups -OCH3 is 1. The standard InChI is InChI=1S/C22H27ClN4O5/c1-4-12-31-19-17(23)13-16(14-18(19)30-3)21(29)32-15(2)20(28)26-8-10-27(11-9-26)22-24-6-5-7-25-22/h5-7,13-15H,4,8-12H2,1-3H3. The van der Waals surface area contributed by atoms with Crippen molar-refractivity contribution >= 4 is 29.4 Å². The first-order valence-corrected chi connectivity index (χ1v) is 10.8. The van der Waals surface area contributed by atoms with Crippen molar-refractivity contribution in [2.24, 2.45) is 0 Å². The molecule has 32 heavy (non-hydrogen) atoms. The molecule has 10 heteroatoms. The van der Waals surface area contributed by atoms with Crippen molar-refractivity contribution in [3.8, 4) is 11.5 Å². The number of rotatable bonds is 8. The van der Waals surface area contributed by atoms with Crippen LogP contribution >= 0.6 is 11.6 Å². The van der Waals surface area contributed by atoms with Crippen LogP contribution in [0, 0.1) is 0 Å². The number of carbonyl (C=O) groups excluding carboxylic acids is 2. The number of anilines is 1. The van der Waals surface area contributed by atoms with Crippen LogP contribution in [0.15, 0.2) is 30.6 Å². The van der Waals surface area contributed by atoms with Crippen LogP contribution in [0.25, 0.3) is 0 Å². The highest BCUT2D eigenvalue weighted by molar-refractivity contribution is 6.32. The number of esters is 1. The van der Waals surface area contributed by atoms with Gasteiger partial charge in [0.05, 0.1) is 24.3 Å². The van der Waals surface area contributed by atoms with Gasteiger partial charge in [0.25, 0.3) is 5.91 Å². The Morgan fingerprint density at radius 3 is 2.47 bits per heavy atom. The van der Waals surface area contributed by atoms with Gasteiger partial charge in [-0.2, -0.15) is 0 Å². The molecular formula is C22H27ClN4O5. The van der Waals surface area contributed by atoms with Crippen molar-refractivity contribution in [2.75, 3.05) is 44.8 Å². The second kappa shape index (κ2) is 11.0. The van der Waals surface area contributed by atoms with Crippen LogP contribution in [0.1, 0.15) is 30.6 Å². The maximum atomic E-state index is 12.8. The van der Waals surface area contributed by atoms with E-state index in [1.807, 2.05) is 11.8 Å². The summed E-state index contributed by atoms with van der Waals surface area (Å²) in [5.41, 5.74) is 0.182. The molecule has 1 fully saturated rings. The minimum atomic E-state index is -0.942. The average molecular weight is 463 g/mol. The Kier molecular flexibility index (Phi) is 8.10. The van der Waals surface area contributed by atoms with Crippen molar-refractivity contribution in [1.82, 2.24) is 14.9 Å². The summed E-state index contributed by atoms with van der Waals surface area (Å²) in [4.78, 5) is 37.6. The summed E-state index contributed by atoms with van der Waals surface area (Å²) in [7, 11) is 1.46. The van der Waals surface area contributed by atoms with Gasteiger partial charge in [-0.25, -0.2) is 14.8 Å². The van der Waals surface area contributed by atoms with Gasteiger partial charge >= 0.3 is 5.97 Å². The van der Waals surface area contributed by atoms with E-state index in [1.165, 1.54) is 19.2 Å². The van der Waals surface area contributed by atoms with Crippen LogP contribution in [0.2, 0.25) is 5.02 Å². The number of piperazine rings is 1. The quantitative estimate of drug-likeness (QED) is 0.553. The van der Waals surface area contributed by atoms with Crippen molar-refractivity contribution < 1.29 is 23.8 Å². The lowest BCUT2D eigenvalue weighted by atomic mass is 10.2. The molecule has 2 aromatic rings. The van der Waals surface area contributed by atoms with Gasteiger partial charge < -0.3 is 24.0 Å². The Hall–Kier alpha value is -3.07. The summed E-state index contributed by atoms with van der Waals surface area (Å²) < 4.78 is 16.3. The van der Waals surface area contributed by atoms with Crippen LogP contribution in [0.4, 0.5) is 5.95 Å². The first-order chi connectivity index (χ1) is 15.4. The number of aromatic nitrogens is 2. The number of carbonyl (C=O) groups is 2. The molecule has 0 spiro atoms. The molecule has 1 aliphatic rings. The topological polar surface area (TPSA) is 94.1 Å². The highest BCUT2D eigenvalue weighted by atomic mass is 35.5. The van der Waals surface area contributed by atoms with Gasteiger partial charge in [-0.1, -0.05) is 18.5 Å². The Balaban J connectivity index is 1.59. The number of ether oxygens (including phenoxy) is 3. The van der Waals surface area contributed by atoms with Crippen LogP contribution < -0.4 is 14.4 Å². The normalized spacial score (nSPS) is 14.6. The fourth-order valence-electron chi connectivity index (χ4n) is 3.30. The predicted molar refractivity (Wildman–Crippen MR) is 119 cm³/mol. The average Bonchev–Trinajstić information content (AvgIpc) is 2.82. The summed E-state index contributed by atoms with van der Waals surface area (Å²) in [6.45, 7) is 6.18. The third kappa shape index (κ3) is 5.59. The molecule has 1 unspecified atom stereocenters. The molecule has 0 saturated carbocycles. The van der Waals surface area contributed by atoms with Gasteiger partial charge in [-0.15, -0.1) is 0 Å². The number of halogens is 1. The predicted octanol–water partition coefficient (Wildman–Crippen LogP) is 2.82. The molecule has 1 atom stereocenters. The fourth-order valence-corrected chi connectivity index (χ4v) is 3.56. The first kappa shape index (κ1) is 23.6. The lowest BCUT2D eigenvalue weighted by molar-refractivity contribution is -0.140. The molecule has 0 aliphatic carbocycles. The van der Waals surface area contributed by atoms with E-state index in [1.54, 1.807) is 30.3 Å². The Morgan fingerprint density at radius 2 is 1.84 bits per heavy atom. The second-order valence-corrected chi connectivity index (χ2v) is 7.65. The monoisotopic (exact) mass is 462 g/mol. The van der Waals surface area contributed by atoms with E-state index in [0.29, 0.717) is 50.2 Å². The molecule has 1 aromatic carbocycles. The van der Waals surface area contributed by atoms with Crippen LogP contribution in [-0.4, -0.2) is 72.7 Å². The number of hydrogen-bond acceptors (Lipinski definition) is 8. The van der Waals surface area contributed by atoms with E-state index in [-0.39, 0.29) is 16.5 Å². The molecule has 1 aromatic heterocycles. The maximum Gasteiger partial charge on any atom is 0.339 e. The van der Waals surface area contributed by atoms with Gasteiger partial charge in [0, 0.05) is 38.6 Å². The number of hydrogen-bond donors (Lipinski definition) is 0. The molecule has 1 saturated heterocycles. The van der Waals surface area contributed by atoms with E-state index in [0.717, 1.165) is 6.42 Å². The Bertz CT molecular complexity index is 935. The van der Waals surface area contributed by atoms with E-state index in [4.69, 9.17) is 25.8 Å². The van der Waals surface area contributed by atoms with Gasteiger partial charge in [0.1, 0.15) is 0 Å². The molecule has 0 bridgehead atoms. The zero-order chi connectivity index (χ0) is 23.1. The SMILES string of the molecule is CCCOc1c(Cl)cc(C(=O)OC(C)C(=O)N2CCN(c3ncccn3)CC2)cc1OC. The zero-order valence-corrected chi connectivity index (χ0v) is 19.2. The summed E-state index contributed by atoms with van der Waals surface area (Å²) in [6.07, 6.45) is 3.23. The maximum absolute atomic E-state index is 12.8. The largest absolute Gasteiger partial charge is 0.493 e. The van der Waals surface area contributed by atoms with E-state index >= 15 is 0 Å². The second-order valence-electron chi connectivity index (χ2n) is 7.25. The summed E-state index contributed by atoms with van der Waals surface area (Å²) in [5.74, 6) is 0.418. The Labute approximate surface area is 192 Å². The number of nitrogens with zero attached hydrogens (tertiary/aromatic N) is 4. The van der Waals surface area contributed by atoms with Crippen molar-refractivity contribution in [1.29, 1.82) is 0 Å². The van der Waals surface area contributed by atoms with Crippen molar-refractivity contribution in [3.05, 3.63) is 41.2 Å². The number of amides is 1. The molecule has 1 amide bonds. The van der Waals surface area contributed by atoms with E-state index in [2.05, 4.69) is 9.97 Å². The molecule has 3 rings (SSSR count). The minimum Gasteiger partial charge on any atom is -0.493 e. The lowest BCUT2D eigenvalue weighted by Crippen LogP contribution is -2.52. The van der Waals surface area contributed by atoms with Gasteiger partial charge in [0.15, 0.2) is 17.6 Å². The van der Waals surface area contributed by atoms with Crippen molar-refractivity contribution in [3.63, 3.8) is 0 Å². The third-order valence-corrected chi connectivity index (χ3v) is 5.25. The van der Waals surface area contributed by atoms with Crippen LogP contribution in [0.5, 0.6) is 11.5 Å². The minimum absolute atomic E-state index is 0.182. The van der Waals surface area contributed by atoms with E-state index < -0.39 is 12.1 Å². The summed E-state index contributed by atoms with van der Waals surface area (Å²) >= 11 is 6.28. The zero-order valence-electron chi connectivity index (χ0n) is 18.4. The molecule has 172 valence electrons. The molecule has 9 nitrogen and oxygen atoms in total. The van der Waals surface area contributed by atoms with Gasteiger partial charge in [-0.3, -0.25) is 4.79 Å². The fraction of sp³-hybridized carbons (Fsp3) is 0.455.